The molecule has 0 aliphatic heterocycles. The van der Waals surface area contributed by atoms with Gasteiger partial charge in [0.1, 0.15) is 24.9 Å². The third kappa shape index (κ3) is 5.65. The van der Waals surface area contributed by atoms with E-state index in [9.17, 15) is 14.4 Å². The molecule has 3 aromatic rings. The Balaban J connectivity index is 1.27. The SMILES string of the molecule is CCCC(NC(=O)Cn1cc(CNC(=O)OCC2c3ccccc3-c3ccccc32)nn1)C(=O)O. The molecule has 0 saturated carbocycles. The van der Waals surface area contributed by atoms with Gasteiger partial charge in [-0.15, -0.1) is 5.10 Å². The summed E-state index contributed by atoms with van der Waals surface area (Å²) in [5.41, 5.74) is 5.01. The number of rotatable bonds is 10. The van der Waals surface area contributed by atoms with E-state index < -0.39 is 24.0 Å². The fourth-order valence-electron chi connectivity index (χ4n) is 4.24. The van der Waals surface area contributed by atoms with Crippen molar-refractivity contribution in [3.8, 4) is 11.1 Å². The van der Waals surface area contributed by atoms with Crippen LogP contribution in [-0.4, -0.2) is 50.7 Å². The lowest BCUT2D eigenvalue weighted by molar-refractivity contribution is -0.142. The molecule has 2 aromatic carbocycles. The summed E-state index contributed by atoms with van der Waals surface area (Å²) >= 11 is 0. The van der Waals surface area contributed by atoms with Crippen molar-refractivity contribution in [3.63, 3.8) is 0 Å². The van der Waals surface area contributed by atoms with Crippen molar-refractivity contribution in [2.75, 3.05) is 6.61 Å². The van der Waals surface area contributed by atoms with Crippen LogP contribution >= 0.6 is 0 Å². The fraction of sp³-hybridized carbons (Fsp3) is 0.320. The largest absolute Gasteiger partial charge is 0.480 e. The minimum atomic E-state index is -1.08. The van der Waals surface area contributed by atoms with Crippen molar-refractivity contribution in [1.29, 1.82) is 0 Å². The van der Waals surface area contributed by atoms with Crippen molar-refractivity contribution < 1.29 is 24.2 Å². The minimum absolute atomic E-state index is 0.0325. The first-order valence-electron chi connectivity index (χ1n) is 11.5. The Morgan fingerprint density at radius 3 is 2.37 bits per heavy atom. The average Bonchev–Trinajstić information content (AvgIpc) is 3.43. The number of ether oxygens (including phenoxy) is 1. The second-order valence-corrected chi connectivity index (χ2v) is 8.33. The Kier molecular flexibility index (Phi) is 7.39. The Bertz CT molecular complexity index is 1180. The summed E-state index contributed by atoms with van der Waals surface area (Å²) in [6.07, 6.45) is 1.90. The van der Waals surface area contributed by atoms with Crippen LogP contribution < -0.4 is 10.6 Å². The van der Waals surface area contributed by atoms with Crippen LogP contribution in [0.15, 0.2) is 54.7 Å². The van der Waals surface area contributed by atoms with Gasteiger partial charge in [0, 0.05) is 5.92 Å². The van der Waals surface area contributed by atoms with Crippen molar-refractivity contribution >= 4 is 18.0 Å². The first-order chi connectivity index (χ1) is 17.0. The maximum Gasteiger partial charge on any atom is 0.407 e. The Hall–Kier alpha value is -4.21. The number of fused-ring (bicyclic) bond motifs is 3. The lowest BCUT2D eigenvalue weighted by atomic mass is 9.98. The van der Waals surface area contributed by atoms with E-state index in [4.69, 9.17) is 9.84 Å². The summed E-state index contributed by atoms with van der Waals surface area (Å²) in [4.78, 5) is 35.6. The smallest absolute Gasteiger partial charge is 0.407 e. The lowest BCUT2D eigenvalue weighted by Crippen LogP contribution is -2.42. The number of carbonyl (C=O) groups excluding carboxylic acids is 2. The number of hydrogen-bond donors (Lipinski definition) is 3. The molecule has 0 bridgehead atoms. The number of amides is 2. The van der Waals surface area contributed by atoms with Crippen LogP contribution in [-0.2, 0) is 27.4 Å². The summed E-state index contributed by atoms with van der Waals surface area (Å²) in [6.45, 7) is 1.95. The van der Waals surface area contributed by atoms with E-state index in [1.807, 2.05) is 31.2 Å². The highest BCUT2D eigenvalue weighted by Gasteiger charge is 2.29. The number of nitrogens with one attached hydrogen (secondary N) is 2. The molecular weight excluding hydrogens is 450 g/mol. The maximum absolute atomic E-state index is 12.3. The number of benzene rings is 2. The van der Waals surface area contributed by atoms with Crippen LogP contribution in [0.3, 0.4) is 0 Å². The van der Waals surface area contributed by atoms with Crippen molar-refractivity contribution in [2.24, 2.45) is 0 Å². The van der Waals surface area contributed by atoms with E-state index in [1.54, 1.807) is 0 Å². The molecule has 1 heterocycles. The zero-order valence-corrected chi connectivity index (χ0v) is 19.3. The van der Waals surface area contributed by atoms with Gasteiger partial charge in [-0.25, -0.2) is 14.3 Å². The monoisotopic (exact) mass is 477 g/mol. The highest BCUT2D eigenvalue weighted by molar-refractivity contribution is 5.83. The zero-order valence-electron chi connectivity index (χ0n) is 19.3. The van der Waals surface area contributed by atoms with Gasteiger partial charge in [-0.1, -0.05) is 67.1 Å². The fourth-order valence-corrected chi connectivity index (χ4v) is 4.24. The molecule has 1 aromatic heterocycles. The first kappa shape index (κ1) is 23.9. The molecule has 4 rings (SSSR count). The normalized spacial score (nSPS) is 12.9. The first-order valence-corrected chi connectivity index (χ1v) is 11.5. The number of carbonyl (C=O) groups is 3. The highest BCUT2D eigenvalue weighted by atomic mass is 16.5. The van der Waals surface area contributed by atoms with Crippen LogP contribution in [0.1, 0.15) is 42.5 Å². The summed E-state index contributed by atoms with van der Waals surface area (Å²) in [6, 6.07) is 15.3. The topological polar surface area (TPSA) is 135 Å². The second kappa shape index (κ2) is 10.8. The molecule has 1 unspecified atom stereocenters. The van der Waals surface area contributed by atoms with Gasteiger partial charge in [0.15, 0.2) is 0 Å². The Labute approximate surface area is 202 Å². The molecule has 0 spiro atoms. The summed E-state index contributed by atoms with van der Waals surface area (Å²) in [7, 11) is 0. The molecule has 3 N–H and O–H groups in total. The zero-order chi connectivity index (χ0) is 24.8. The molecule has 2 amide bonds. The van der Waals surface area contributed by atoms with Gasteiger partial charge in [0.2, 0.25) is 5.91 Å². The van der Waals surface area contributed by atoms with E-state index in [-0.39, 0.29) is 25.6 Å². The lowest BCUT2D eigenvalue weighted by Gasteiger charge is -2.14. The van der Waals surface area contributed by atoms with E-state index in [1.165, 1.54) is 10.9 Å². The molecule has 35 heavy (non-hydrogen) atoms. The summed E-state index contributed by atoms with van der Waals surface area (Å²) in [5, 5.41) is 22.1. The summed E-state index contributed by atoms with van der Waals surface area (Å²) in [5.74, 6) is -1.59. The highest BCUT2D eigenvalue weighted by Crippen LogP contribution is 2.44. The van der Waals surface area contributed by atoms with E-state index in [0.29, 0.717) is 18.5 Å². The quantitative estimate of drug-likeness (QED) is 0.408. The average molecular weight is 478 g/mol. The number of carboxylic acid groups (broad SMARTS) is 1. The third-order valence-electron chi connectivity index (χ3n) is 5.86. The number of nitrogens with zero attached hydrogens (tertiary/aromatic N) is 3. The molecule has 1 aliphatic carbocycles. The molecule has 10 nitrogen and oxygen atoms in total. The van der Waals surface area contributed by atoms with Gasteiger partial charge in [-0.05, 0) is 28.7 Å². The third-order valence-corrected chi connectivity index (χ3v) is 5.86. The van der Waals surface area contributed by atoms with Crippen LogP contribution in [0.5, 0.6) is 0 Å². The van der Waals surface area contributed by atoms with E-state index in [0.717, 1.165) is 22.3 Å². The number of hydrogen-bond acceptors (Lipinski definition) is 6. The molecule has 0 radical (unpaired) electrons. The maximum atomic E-state index is 12.3. The predicted molar refractivity (Wildman–Crippen MR) is 126 cm³/mol. The van der Waals surface area contributed by atoms with Crippen LogP contribution in [0.25, 0.3) is 11.1 Å². The van der Waals surface area contributed by atoms with Gasteiger partial charge in [0.25, 0.3) is 0 Å². The number of aliphatic carboxylic acids is 1. The van der Waals surface area contributed by atoms with Crippen LogP contribution in [0, 0.1) is 0 Å². The van der Waals surface area contributed by atoms with Gasteiger partial charge in [-0.2, -0.15) is 0 Å². The minimum Gasteiger partial charge on any atom is -0.480 e. The van der Waals surface area contributed by atoms with Crippen molar-refractivity contribution in [1.82, 2.24) is 25.6 Å². The molecule has 182 valence electrons. The van der Waals surface area contributed by atoms with Gasteiger partial charge in [-0.3, -0.25) is 4.79 Å². The standard InChI is InChI=1S/C25H27N5O5/c1-2-7-22(24(32)33)27-23(31)14-30-13-16(28-29-30)12-26-25(34)35-15-21-19-10-5-3-8-17(19)18-9-4-6-11-20(18)21/h3-6,8-11,13,21-22H,2,7,12,14-15H2,1H3,(H,26,34)(H,27,31)(H,32,33). The van der Waals surface area contributed by atoms with Crippen LogP contribution in [0.4, 0.5) is 4.79 Å². The van der Waals surface area contributed by atoms with Gasteiger partial charge < -0.3 is 20.5 Å². The Morgan fingerprint density at radius 2 is 1.74 bits per heavy atom. The molecule has 0 fully saturated rings. The molecule has 0 saturated heterocycles. The van der Waals surface area contributed by atoms with Crippen molar-refractivity contribution in [2.45, 2.75) is 44.8 Å². The van der Waals surface area contributed by atoms with E-state index >= 15 is 0 Å². The summed E-state index contributed by atoms with van der Waals surface area (Å²) < 4.78 is 6.78. The number of carboxylic acids is 1. The van der Waals surface area contributed by atoms with E-state index in [2.05, 4.69) is 45.2 Å². The molecule has 1 atom stereocenters. The molecule has 10 heteroatoms. The van der Waals surface area contributed by atoms with Gasteiger partial charge >= 0.3 is 12.1 Å². The van der Waals surface area contributed by atoms with Crippen LogP contribution in [0.2, 0.25) is 0 Å². The number of aromatic nitrogens is 3. The molecular formula is C25H27N5O5. The molecule has 1 aliphatic rings. The van der Waals surface area contributed by atoms with Gasteiger partial charge in [0.05, 0.1) is 12.7 Å². The predicted octanol–water partition coefficient (Wildman–Crippen LogP) is 2.69. The van der Waals surface area contributed by atoms with Crippen molar-refractivity contribution in [3.05, 3.63) is 71.5 Å². The Morgan fingerprint density at radius 1 is 1.09 bits per heavy atom. The number of alkyl carbamates (subject to hydrolysis) is 1. The second-order valence-electron chi connectivity index (χ2n) is 8.33.